The molecule has 0 N–H and O–H groups in total. The third-order valence-corrected chi connectivity index (χ3v) is 5.45. The highest BCUT2D eigenvalue weighted by molar-refractivity contribution is 9.11. The van der Waals surface area contributed by atoms with Crippen LogP contribution >= 0.6 is 54.8 Å². The molecule has 0 saturated carbocycles. The van der Waals surface area contributed by atoms with Gasteiger partial charge in [0.1, 0.15) is 0 Å². The van der Waals surface area contributed by atoms with Gasteiger partial charge in [0.25, 0.3) is 0 Å². The van der Waals surface area contributed by atoms with Crippen LogP contribution in [0.25, 0.3) is 0 Å². The Morgan fingerprint density at radius 1 is 1.11 bits per heavy atom. The van der Waals surface area contributed by atoms with E-state index >= 15 is 0 Å². The summed E-state index contributed by atoms with van der Waals surface area (Å²) in [6, 6.07) is 7.09. The second-order valence-corrected chi connectivity index (χ2v) is 7.52. The highest BCUT2D eigenvalue weighted by Gasteiger charge is 2.31. The molecule has 0 radical (unpaired) electrons. The Labute approximate surface area is 133 Å². The molecule has 7 heteroatoms. The van der Waals surface area contributed by atoms with Gasteiger partial charge >= 0.3 is 6.18 Å². The van der Waals surface area contributed by atoms with Gasteiger partial charge in [-0.2, -0.15) is 13.2 Å². The van der Waals surface area contributed by atoms with Crippen LogP contribution in [0.3, 0.4) is 0 Å². The summed E-state index contributed by atoms with van der Waals surface area (Å²) in [7, 11) is 0. The first kappa shape index (κ1) is 15.4. The van der Waals surface area contributed by atoms with Crippen LogP contribution in [0.4, 0.5) is 13.2 Å². The number of thiophene rings is 1. The van der Waals surface area contributed by atoms with E-state index in [0.717, 1.165) is 20.8 Å². The summed E-state index contributed by atoms with van der Waals surface area (Å²) in [5.74, 6) is 0. The van der Waals surface area contributed by atoms with E-state index in [2.05, 4.69) is 31.9 Å². The number of hydrogen-bond donors (Lipinski definition) is 0. The van der Waals surface area contributed by atoms with E-state index in [-0.39, 0.29) is 0 Å². The van der Waals surface area contributed by atoms with Gasteiger partial charge in [0.2, 0.25) is 0 Å². The summed E-state index contributed by atoms with van der Waals surface area (Å²) in [6.45, 7) is 0. The summed E-state index contributed by atoms with van der Waals surface area (Å²) >= 11 is 14.2. The first-order chi connectivity index (χ1) is 8.79. The molecule has 1 atom stereocenters. The monoisotopic (exact) mass is 432 g/mol. The van der Waals surface area contributed by atoms with Crippen LogP contribution < -0.4 is 0 Å². The number of hydrogen-bond acceptors (Lipinski definition) is 1. The van der Waals surface area contributed by atoms with Gasteiger partial charge in [0, 0.05) is 9.35 Å². The Balaban J connectivity index is 2.44. The van der Waals surface area contributed by atoms with Gasteiger partial charge in [-0.3, -0.25) is 0 Å². The van der Waals surface area contributed by atoms with Gasteiger partial charge in [-0.1, -0.05) is 15.9 Å². The van der Waals surface area contributed by atoms with Crippen molar-refractivity contribution >= 4 is 54.8 Å². The molecule has 2 aromatic rings. The Morgan fingerprint density at radius 2 is 1.79 bits per heavy atom. The van der Waals surface area contributed by atoms with Crippen molar-refractivity contribution in [3.63, 3.8) is 0 Å². The summed E-state index contributed by atoms with van der Waals surface area (Å²) in [5, 5.41) is -0.618. The maximum Gasteiger partial charge on any atom is 0.416 e. The molecule has 0 amide bonds. The van der Waals surface area contributed by atoms with Crippen molar-refractivity contribution in [1.82, 2.24) is 0 Å². The molecule has 0 spiro atoms. The molecule has 2 rings (SSSR count). The second-order valence-electron chi connectivity index (χ2n) is 3.74. The van der Waals surface area contributed by atoms with Crippen LogP contribution in [0.5, 0.6) is 0 Å². The summed E-state index contributed by atoms with van der Waals surface area (Å²) < 4.78 is 39.6. The Bertz CT molecular complexity index is 595. The molecule has 0 fully saturated rings. The van der Waals surface area contributed by atoms with Gasteiger partial charge in [-0.15, -0.1) is 22.9 Å². The molecular weight excluding hydrogens is 428 g/mol. The molecular formula is C12H6Br2ClF3S. The van der Waals surface area contributed by atoms with Crippen molar-refractivity contribution in [2.45, 2.75) is 11.6 Å². The summed E-state index contributed by atoms with van der Waals surface area (Å²) in [6.07, 6.45) is -4.37. The molecule has 1 unspecified atom stereocenters. The Kier molecular flexibility index (Phi) is 4.65. The maximum atomic E-state index is 12.7. The molecule has 1 aromatic carbocycles. The van der Waals surface area contributed by atoms with Gasteiger partial charge in [-0.05, 0) is 51.8 Å². The van der Waals surface area contributed by atoms with Crippen LogP contribution in [0.2, 0.25) is 0 Å². The second kappa shape index (κ2) is 5.76. The van der Waals surface area contributed by atoms with Crippen LogP contribution in [0.15, 0.2) is 38.6 Å². The van der Waals surface area contributed by atoms with Gasteiger partial charge in [-0.25, -0.2) is 0 Å². The summed E-state index contributed by atoms with van der Waals surface area (Å²) in [4.78, 5) is 0.786. The van der Waals surface area contributed by atoms with E-state index in [9.17, 15) is 13.2 Å². The number of alkyl halides is 4. The molecule has 0 aliphatic rings. The predicted molar refractivity (Wildman–Crippen MR) is 78.9 cm³/mol. The van der Waals surface area contributed by atoms with Gasteiger partial charge < -0.3 is 0 Å². The lowest BCUT2D eigenvalue weighted by atomic mass is 10.1. The zero-order valence-electron chi connectivity index (χ0n) is 9.14. The number of halogens is 6. The van der Waals surface area contributed by atoms with Crippen molar-refractivity contribution in [3.05, 3.63) is 54.6 Å². The van der Waals surface area contributed by atoms with Crippen LogP contribution in [0.1, 0.15) is 21.4 Å². The van der Waals surface area contributed by atoms with Crippen molar-refractivity contribution in [2.75, 3.05) is 0 Å². The molecule has 0 nitrogen and oxygen atoms in total. The van der Waals surface area contributed by atoms with Crippen LogP contribution in [0, 0.1) is 0 Å². The van der Waals surface area contributed by atoms with E-state index < -0.39 is 17.1 Å². The molecule has 1 aromatic heterocycles. The minimum atomic E-state index is -4.37. The highest BCUT2D eigenvalue weighted by atomic mass is 79.9. The quantitative estimate of drug-likeness (QED) is 0.466. The average Bonchev–Trinajstić information content (AvgIpc) is 2.74. The van der Waals surface area contributed by atoms with E-state index in [4.69, 9.17) is 11.6 Å². The van der Waals surface area contributed by atoms with Gasteiger partial charge in [0.15, 0.2) is 0 Å². The summed E-state index contributed by atoms with van der Waals surface area (Å²) in [5.41, 5.74) is -0.294. The fraction of sp³-hybridized carbons (Fsp3) is 0.167. The largest absolute Gasteiger partial charge is 0.416 e. The lowest BCUT2D eigenvalue weighted by molar-refractivity contribution is -0.137. The van der Waals surface area contributed by atoms with E-state index in [1.54, 1.807) is 6.07 Å². The third-order valence-electron chi connectivity index (χ3n) is 2.44. The Hall–Kier alpha value is -0.0400. The Morgan fingerprint density at radius 3 is 2.32 bits per heavy atom. The normalized spacial score (nSPS) is 13.6. The average molecular weight is 435 g/mol. The van der Waals surface area contributed by atoms with Crippen LogP contribution in [-0.2, 0) is 6.18 Å². The van der Waals surface area contributed by atoms with E-state index in [0.29, 0.717) is 10.0 Å². The molecule has 1 heterocycles. The fourth-order valence-corrected chi connectivity index (χ4v) is 3.95. The highest BCUT2D eigenvalue weighted by Crippen LogP contribution is 2.41. The molecule has 19 heavy (non-hydrogen) atoms. The fourth-order valence-electron chi connectivity index (χ4n) is 1.53. The number of rotatable bonds is 2. The topological polar surface area (TPSA) is 0 Å². The van der Waals surface area contributed by atoms with E-state index in [1.807, 2.05) is 6.07 Å². The minimum Gasteiger partial charge on any atom is -0.166 e. The smallest absolute Gasteiger partial charge is 0.166 e. The zero-order valence-corrected chi connectivity index (χ0v) is 13.9. The SMILES string of the molecule is FC(F)(F)c1ccc(Br)c(C(Cl)c2ccc(Br)s2)c1. The minimum absolute atomic E-state index is 0.408. The number of benzene rings is 1. The van der Waals surface area contributed by atoms with Crippen molar-refractivity contribution in [3.8, 4) is 0 Å². The lowest BCUT2D eigenvalue weighted by Crippen LogP contribution is -2.06. The molecule has 102 valence electrons. The van der Waals surface area contributed by atoms with E-state index in [1.165, 1.54) is 17.4 Å². The van der Waals surface area contributed by atoms with Crippen molar-refractivity contribution in [1.29, 1.82) is 0 Å². The third kappa shape index (κ3) is 3.54. The zero-order chi connectivity index (χ0) is 14.2. The first-order valence-corrected chi connectivity index (χ1v) is 7.89. The molecule has 0 aliphatic heterocycles. The predicted octanol–water partition coefficient (Wildman–Crippen LogP) is 6.62. The lowest BCUT2D eigenvalue weighted by Gasteiger charge is -2.14. The molecule has 0 bridgehead atoms. The molecule has 0 saturated heterocycles. The first-order valence-electron chi connectivity index (χ1n) is 5.05. The molecule has 0 aliphatic carbocycles. The van der Waals surface area contributed by atoms with Crippen molar-refractivity contribution in [2.24, 2.45) is 0 Å². The van der Waals surface area contributed by atoms with Gasteiger partial charge in [0.05, 0.1) is 14.7 Å². The van der Waals surface area contributed by atoms with Crippen molar-refractivity contribution < 1.29 is 13.2 Å². The standard InChI is InChI=1S/C12H6Br2ClF3S/c13-8-2-1-6(12(16,17)18)5-7(8)11(15)9-3-4-10(14)19-9/h1-5,11H. The van der Waals surface area contributed by atoms with Crippen LogP contribution in [-0.4, -0.2) is 0 Å². The maximum absolute atomic E-state index is 12.7.